The van der Waals surface area contributed by atoms with E-state index in [0.29, 0.717) is 5.54 Å². The molecule has 1 aliphatic rings. The van der Waals surface area contributed by atoms with Crippen LogP contribution in [-0.2, 0) is 13.0 Å². The number of aryl methyl sites for hydroxylation is 1. The summed E-state index contributed by atoms with van der Waals surface area (Å²) in [6, 6.07) is 4.64. The average molecular weight is 309 g/mol. The molecule has 0 aromatic carbocycles. The van der Waals surface area contributed by atoms with Gasteiger partial charge >= 0.3 is 0 Å². The van der Waals surface area contributed by atoms with Crippen molar-refractivity contribution in [2.24, 2.45) is 0 Å². The van der Waals surface area contributed by atoms with E-state index in [1.807, 2.05) is 11.3 Å². The summed E-state index contributed by atoms with van der Waals surface area (Å²) in [5.74, 6) is 0. The van der Waals surface area contributed by atoms with Crippen LogP contribution in [0.1, 0.15) is 63.6 Å². The van der Waals surface area contributed by atoms with E-state index in [-0.39, 0.29) is 5.54 Å². The molecule has 3 heteroatoms. The first-order valence-electron chi connectivity index (χ1n) is 8.58. The minimum absolute atomic E-state index is 0.282. The summed E-state index contributed by atoms with van der Waals surface area (Å²) in [5, 5.41) is 3.87. The van der Waals surface area contributed by atoms with Crippen LogP contribution in [0, 0.1) is 0 Å². The number of nitrogens with one attached hydrogen (secondary N) is 1. The van der Waals surface area contributed by atoms with Crippen LogP contribution in [-0.4, -0.2) is 29.1 Å². The minimum atomic E-state index is 0.282. The molecule has 0 bridgehead atoms. The van der Waals surface area contributed by atoms with Crippen molar-refractivity contribution in [1.82, 2.24) is 10.2 Å². The van der Waals surface area contributed by atoms with Crippen molar-refractivity contribution in [1.29, 1.82) is 0 Å². The molecular weight excluding hydrogens is 276 g/mol. The molecule has 21 heavy (non-hydrogen) atoms. The van der Waals surface area contributed by atoms with Crippen LogP contribution >= 0.6 is 11.3 Å². The number of rotatable bonds is 6. The maximum absolute atomic E-state index is 3.87. The molecule has 1 saturated heterocycles. The van der Waals surface area contributed by atoms with Crippen LogP contribution < -0.4 is 5.32 Å². The smallest absolute Gasteiger partial charge is 0.0334 e. The van der Waals surface area contributed by atoms with Gasteiger partial charge in [-0.25, -0.2) is 0 Å². The van der Waals surface area contributed by atoms with Gasteiger partial charge < -0.3 is 5.32 Å². The lowest BCUT2D eigenvalue weighted by Gasteiger charge is -2.53. The Morgan fingerprint density at radius 1 is 1.10 bits per heavy atom. The van der Waals surface area contributed by atoms with Crippen molar-refractivity contribution in [3.05, 3.63) is 21.9 Å². The molecule has 120 valence electrons. The molecule has 1 aliphatic heterocycles. The Balaban J connectivity index is 2.18. The van der Waals surface area contributed by atoms with Crippen LogP contribution in [0.5, 0.6) is 0 Å². The molecular formula is C18H32N2S. The third-order valence-corrected chi connectivity index (χ3v) is 6.84. The molecule has 1 unspecified atom stereocenters. The molecule has 1 aromatic rings. The van der Waals surface area contributed by atoms with Gasteiger partial charge in [0.2, 0.25) is 0 Å². The molecule has 0 aliphatic carbocycles. The van der Waals surface area contributed by atoms with E-state index < -0.39 is 0 Å². The van der Waals surface area contributed by atoms with Crippen LogP contribution in [0.4, 0.5) is 0 Å². The standard InChI is InChI=1S/C18H32N2S/c1-6-15-10-11-16(21-15)12-20-14-18(8-3,9-4)19-13-17(20,5)7-2/h10-11,19H,6-9,12-14H2,1-5H3. The second kappa shape index (κ2) is 6.80. The van der Waals surface area contributed by atoms with Crippen LogP contribution in [0.15, 0.2) is 12.1 Å². The topological polar surface area (TPSA) is 15.3 Å². The van der Waals surface area contributed by atoms with Crippen molar-refractivity contribution in [2.45, 2.75) is 77.9 Å². The fraction of sp³-hybridized carbons (Fsp3) is 0.778. The van der Waals surface area contributed by atoms with Gasteiger partial charge in [-0.2, -0.15) is 0 Å². The summed E-state index contributed by atoms with van der Waals surface area (Å²) in [7, 11) is 0. The Bertz CT molecular complexity index is 450. The zero-order chi connectivity index (χ0) is 15.5. The van der Waals surface area contributed by atoms with Crippen LogP contribution in [0.3, 0.4) is 0 Å². The lowest BCUT2D eigenvalue weighted by Crippen LogP contribution is -2.68. The van der Waals surface area contributed by atoms with E-state index in [2.05, 4.69) is 57.0 Å². The average Bonchev–Trinajstić information content (AvgIpc) is 2.97. The van der Waals surface area contributed by atoms with Gasteiger partial charge in [-0.3, -0.25) is 4.90 Å². The van der Waals surface area contributed by atoms with Gasteiger partial charge in [0.1, 0.15) is 0 Å². The highest BCUT2D eigenvalue weighted by Crippen LogP contribution is 2.32. The zero-order valence-corrected chi connectivity index (χ0v) is 15.3. The van der Waals surface area contributed by atoms with Gasteiger partial charge in [-0.15, -0.1) is 11.3 Å². The number of hydrogen-bond donors (Lipinski definition) is 1. The molecule has 0 spiro atoms. The van der Waals surface area contributed by atoms with Crippen molar-refractivity contribution in [2.75, 3.05) is 13.1 Å². The Kier molecular flexibility index (Phi) is 5.50. The Hall–Kier alpha value is -0.380. The summed E-state index contributed by atoms with van der Waals surface area (Å²) < 4.78 is 0. The molecule has 0 saturated carbocycles. The maximum Gasteiger partial charge on any atom is 0.0334 e. The van der Waals surface area contributed by atoms with E-state index in [9.17, 15) is 0 Å². The second-order valence-corrected chi connectivity index (χ2v) is 8.02. The van der Waals surface area contributed by atoms with Crippen molar-refractivity contribution in [3.63, 3.8) is 0 Å². The molecule has 1 fully saturated rings. The number of piperazine rings is 1. The molecule has 1 aromatic heterocycles. The number of nitrogens with zero attached hydrogens (tertiary/aromatic N) is 1. The minimum Gasteiger partial charge on any atom is -0.308 e. The normalized spacial score (nSPS) is 26.1. The summed E-state index contributed by atoms with van der Waals surface area (Å²) >= 11 is 1.99. The summed E-state index contributed by atoms with van der Waals surface area (Å²) in [6.45, 7) is 15.0. The zero-order valence-electron chi connectivity index (χ0n) is 14.5. The van der Waals surface area contributed by atoms with Gasteiger partial charge in [-0.05, 0) is 44.7 Å². The Morgan fingerprint density at radius 2 is 1.76 bits per heavy atom. The summed E-state index contributed by atoms with van der Waals surface area (Å²) in [6.07, 6.45) is 4.79. The first kappa shape index (κ1) is 17.0. The number of thiophene rings is 1. The first-order chi connectivity index (χ1) is 10.0. The van der Waals surface area contributed by atoms with E-state index in [4.69, 9.17) is 0 Å². The van der Waals surface area contributed by atoms with Gasteiger partial charge in [-0.1, -0.05) is 27.7 Å². The van der Waals surface area contributed by atoms with E-state index >= 15 is 0 Å². The third-order valence-electron chi connectivity index (χ3n) is 5.63. The maximum atomic E-state index is 3.87. The molecule has 2 heterocycles. The highest BCUT2D eigenvalue weighted by atomic mass is 32.1. The molecule has 2 rings (SSSR count). The lowest BCUT2D eigenvalue weighted by atomic mass is 9.83. The van der Waals surface area contributed by atoms with Crippen molar-refractivity contribution >= 4 is 11.3 Å². The predicted molar refractivity (Wildman–Crippen MR) is 94.1 cm³/mol. The SMILES string of the molecule is CCc1ccc(CN2CC(CC)(CC)NCC2(C)CC)s1. The van der Waals surface area contributed by atoms with Gasteiger partial charge in [0.25, 0.3) is 0 Å². The van der Waals surface area contributed by atoms with Crippen molar-refractivity contribution in [3.8, 4) is 0 Å². The van der Waals surface area contributed by atoms with E-state index in [0.717, 1.165) is 19.5 Å². The molecule has 0 amide bonds. The largest absolute Gasteiger partial charge is 0.308 e. The quantitative estimate of drug-likeness (QED) is 0.835. The highest BCUT2D eigenvalue weighted by Gasteiger charge is 2.42. The molecule has 2 nitrogen and oxygen atoms in total. The van der Waals surface area contributed by atoms with Crippen LogP contribution in [0.2, 0.25) is 0 Å². The lowest BCUT2D eigenvalue weighted by molar-refractivity contribution is 0.00347. The Morgan fingerprint density at radius 3 is 2.29 bits per heavy atom. The third kappa shape index (κ3) is 3.52. The van der Waals surface area contributed by atoms with Crippen molar-refractivity contribution < 1.29 is 0 Å². The fourth-order valence-corrected chi connectivity index (χ4v) is 4.28. The molecule has 0 radical (unpaired) electrons. The molecule has 1 atom stereocenters. The second-order valence-electron chi connectivity index (χ2n) is 6.77. The van der Waals surface area contributed by atoms with Gasteiger partial charge in [0.15, 0.2) is 0 Å². The van der Waals surface area contributed by atoms with Crippen LogP contribution in [0.25, 0.3) is 0 Å². The van der Waals surface area contributed by atoms with E-state index in [1.165, 1.54) is 35.6 Å². The highest BCUT2D eigenvalue weighted by molar-refractivity contribution is 7.11. The summed E-state index contributed by atoms with van der Waals surface area (Å²) in [4.78, 5) is 5.77. The van der Waals surface area contributed by atoms with Gasteiger partial charge in [0.05, 0.1) is 0 Å². The fourth-order valence-electron chi connectivity index (χ4n) is 3.31. The van der Waals surface area contributed by atoms with Gasteiger partial charge in [0, 0.05) is 40.5 Å². The van der Waals surface area contributed by atoms with E-state index in [1.54, 1.807) is 0 Å². The first-order valence-corrected chi connectivity index (χ1v) is 9.40. The predicted octanol–water partition coefficient (Wildman–Crippen LogP) is 4.44. The Labute approximate surface area is 134 Å². The number of hydrogen-bond acceptors (Lipinski definition) is 3. The summed E-state index contributed by atoms with van der Waals surface area (Å²) in [5.41, 5.74) is 0.587. The molecule has 1 N–H and O–H groups in total. The monoisotopic (exact) mass is 308 g/mol.